The number of halogens is 1. The van der Waals surface area contributed by atoms with E-state index in [1.807, 2.05) is 107 Å². The molecule has 1 aromatic carbocycles. The summed E-state index contributed by atoms with van der Waals surface area (Å²) in [5.41, 5.74) is -6.80. The first-order chi connectivity index (χ1) is 29.4. The van der Waals surface area contributed by atoms with Crippen molar-refractivity contribution in [2.45, 2.75) is 231 Å². The predicted molar refractivity (Wildman–Crippen MR) is 246 cm³/mol. The van der Waals surface area contributed by atoms with Crippen molar-refractivity contribution in [3.63, 3.8) is 0 Å². The normalized spacial score (nSPS) is 26.0. The molecule has 0 radical (unpaired) electrons. The number of esters is 4. The fourth-order valence-corrected chi connectivity index (χ4v) is 12.4. The average Bonchev–Trinajstić information content (AvgIpc) is 3.10. The van der Waals surface area contributed by atoms with Gasteiger partial charge < -0.3 is 28.6 Å². The van der Waals surface area contributed by atoms with Crippen molar-refractivity contribution in [3.05, 3.63) is 34.1 Å². The lowest BCUT2D eigenvalue weighted by Gasteiger charge is -2.53. The SMILES string of the molecule is CON1C(C)(C)CC(OC(=O)c2cc(C(=O)OC3CC(C)(C)N(C)C(C)(C)C3)c(C(=O)OC3CC(C)(C)N(C)C(C)(C)C3)c(C(=O)OC3CC(C)(C)N(OC)C(C)(C)C3)c2F)CC1(C)C. The number of ether oxygens (including phenoxy) is 4. The molecule has 14 nitrogen and oxygen atoms in total. The minimum Gasteiger partial charge on any atom is -0.459 e. The van der Waals surface area contributed by atoms with Gasteiger partial charge in [-0.3, -0.25) is 9.80 Å². The third-order valence-corrected chi connectivity index (χ3v) is 15.2. The van der Waals surface area contributed by atoms with Gasteiger partial charge in [0.2, 0.25) is 0 Å². The largest absolute Gasteiger partial charge is 0.459 e. The van der Waals surface area contributed by atoms with E-state index in [0.29, 0.717) is 51.4 Å². The van der Waals surface area contributed by atoms with Crippen molar-refractivity contribution in [1.29, 1.82) is 0 Å². The highest BCUT2D eigenvalue weighted by atomic mass is 19.1. The Bertz CT molecular complexity index is 1940. The highest BCUT2D eigenvalue weighted by Crippen LogP contribution is 2.44. The summed E-state index contributed by atoms with van der Waals surface area (Å²) < 4.78 is 42.6. The van der Waals surface area contributed by atoms with Gasteiger partial charge in [0.15, 0.2) is 5.82 Å². The Morgan fingerprint density at radius 1 is 0.431 bits per heavy atom. The highest BCUT2D eigenvalue weighted by Gasteiger charge is 2.51. The lowest BCUT2D eigenvalue weighted by Crippen LogP contribution is -2.61. The molecule has 5 rings (SSSR count). The summed E-state index contributed by atoms with van der Waals surface area (Å²) in [5, 5.41) is 3.69. The van der Waals surface area contributed by atoms with Crippen LogP contribution >= 0.6 is 0 Å². The van der Waals surface area contributed by atoms with Gasteiger partial charge in [-0.05, 0) is 131 Å². The summed E-state index contributed by atoms with van der Waals surface area (Å²) in [7, 11) is 7.21. The maximum absolute atomic E-state index is 17.7. The van der Waals surface area contributed by atoms with Gasteiger partial charge in [0.1, 0.15) is 30.0 Å². The number of benzene rings is 1. The van der Waals surface area contributed by atoms with E-state index in [4.69, 9.17) is 28.6 Å². The maximum Gasteiger partial charge on any atom is 0.342 e. The Morgan fingerprint density at radius 2 is 0.677 bits per heavy atom. The van der Waals surface area contributed by atoms with E-state index < -0.39 is 121 Å². The van der Waals surface area contributed by atoms with Crippen LogP contribution in [0.5, 0.6) is 0 Å². The Hall–Kier alpha value is -3.21. The molecule has 4 saturated heterocycles. The number of hydroxylamine groups is 4. The molecule has 4 aliphatic heterocycles. The lowest BCUT2D eigenvalue weighted by atomic mass is 9.78. The van der Waals surface area contributed by atoms with Crippen LogP contribution in [0, 0.1) is 5.82 Å². The first-order valence-electron chi connectivity index (χ1n) is 23.3. The fourth-order valence-electron chi connectivity index (χ4n) is 12.4. The molecule has 0 bridgehead atoms. The summed E-state index contributed by atoms with van der Waals surface area (Å²) in [6.07, 6.45) is 0.194. The number of carbonyl (C=O) groups excluding carboxylic acids is 4. The Balaban J connectivity index is 1.68. The minimum atomic E-state index is -1.35. The standard InChI is InChI=1S/C50H81FN4O10/c1-43(2)22-30(23-44(3,4)52(43)17)62-39(56)34-21-35(40(57)63-32-26-47(9,10)54(60-19)48(11,12)27-32)38(51)37(42(59)65-33-28-49(13,14)55(61-20)50(15,16)29-33)36(34)41(58)64-31-24-45(5,6)53(18)46(7,8)25-31/h21,30-33H,22-29H2,1-20H3. The van der Waals surface area contributed by atoms with E-state index in [1.165, 1.54) is 0 Å². The second-order valence-corrected chi connectivity index (χ2v) is 24.3. The molecule has 0 unspecified atom stereocenters. The molecule has 15 heteroatoms. The van der Waals surface area contributed by atoms with Crippen LogP contribution in [0.2, 0.25) is 0 Å². The Kier molecular flexibility index (Phi) is 14.4. The molecule has 0 aromatic heterocycles. The summed E-state index contributed by atoms with van der Waals surface area (Å²) in [5.74, 6) is -5.78. The van der Waals surface area contributed by atoms with Crippen LogP contribution in [0.15, 0.2) is 6.07 Å². The topological polar surface area (TPSA) is 137 Å². The van der Waals surface area contributed by atoms with Crippen molar-refractivity contribution in [2.24, 2.45) is 0 Å². The monoisotopic (exact) mass is 917 g/mol. The van der Waals surface area contributed by atoms with E-state index in [-0.39, 0.29) is 0 Å². The number of likely N-dealkylation sites (tertiary alicyclic amines) is 2. The van der Waals surface area contributed by atoms with E-state index in [1.54, 1.807) is 14.2 Å². The number of hydrogen-bond donors (Lipinski definition) is 0. The zero-order chi connectivity index (χ0) is 49.4. The second kappa shape index (κ2) is 17.7. The van der Waals surface area contributed by atoms with Gasteiger partial charge in [-0.2, -0.15) is 10.1 Å². The molecule has 4 aliphatic rings. The summed E-state index contributed by atoms with van der Waals surface area (Å²) >= 11 is 0. The van der Waals surface area contributed by atoms with E-state index >= 15 is 4.39 Å². The van der Waals surface area contributed by atoms with E-state index in [2.05, 4.69) is 37.5 Å². The van der Waals surface area contributed by atoms with Crippen LogP contribution in [0.1, 0.15) is 204 Å². The predicted octanol–water partition coefficient (Wildman–Crippen LogP) is 8.92. The number of carbonyl (C=O) groups is 4. The smallest absolute Gasteiger partial charge is 0.342 e. The summed E-state index contributed by atoms with van der Waals surface area (Å²) in [6.45, 7) is 32.0. The van der Waals surface area contributed by atoms with Gasteiger partial charge in [-0.15, -0.1) is 0 Å². The van der Waals surface area contributed by atoms with Crippen LogP contribution in [-0.4, -0.2) is 141 Å². The summed E-state index contributed by atoms with van der Waals surface area (Å²) in [6, 6.07) is 0.991. The van der Waals surface area contributed by atoms with Gasteiger partial charge in [0, 0.05) is 95.7 Å². The molecule has 0 atom stereocenters. The van der Waals surface area contributed by atoms with Gasteiger partial charge in [-0.1, -0.05) is 0 Å². The third kappa shape index (κ3) is 10.6. The first kappa shape index (κ1) is 52.8. The van der Waals surface area contributed by atoms with Crippen molar-refractivity contribution < 1.29 is 52.2 Å². The molecule has 0 N–H and O–H groups in total. The molecule has 368 valence electrons. The number of hydrogen-bond acceptors (Lipinski definition) is 14. The van der Waals surface area contributed by atoms with Gasteiger partial charge in [0.25, 0.3) is 0 Å². The zero-order valence-corrected chi connectivity index (χ0v) is 43.3. The van der Waals surface area contributed by atoms with E-state index in [9.17, 15) is 19.2 Å². The van der Waals surface area contributed by atoms with Crippen molar-refractivity contribution in [2.75, 3.05) is 28.3 Å². The molecule has 0 aliphatic carbocycles. The number of piperidine rings is 4. The minimum absolute atomic E-state index is 0.293. The molecule has 0 saturated carbocycles. The van der Waals surface area contributed by atoms with Crippen LogP contribution in [-0.2, 0) is 28.6 Å². The fraction of sp³-hybridized carbons (Fsp3) is 0.800. The van der Waals surface area contributed by atoms with Crippen molar-refractivity contribution in [1.82, 2.24) is 19.9 Å². The second-order valence-electron chi connectivity index (χ2n) is 24.3. The Morgan fingerprint density at radius 3 is 0.969 bits per heavy atom. The molecule has 1 aromatic rings. The number of rotatable bonds is 10. The Labute approximate surface area is 388 Å². The van der Waals surface area contributed by atoms with Crippen molar-refractivity contribution in [3.8, 4) is 0 Å². The maximum atomic E-state index is 17.7. The van der Waals surface area contributed by atoms with Gasteiger partial charge in [-0.25, -0.2) is 23.6 Å². The van der Waals surface area contributed by atoms with Gasteiger partial charge in [0.05, 0.1) is 30.9 Å². The molecule has 4 heterocycles. The molecule has 0 spiro atoms. The summed E-state index contributed by atoms with van der Waals surface area (Å²) in [4.78, 5) is 75.2. The highest BCUT2D eigenvalue weighted by molar-refractivity contribution is 6.12. The zero-order valence-electron chi connectivity index (χ0n) is 43.3. The molecule has 0 amide bonds. The molecular weight excluding hydrogens is 836 g/mol. The van der Waals surface area contributed by atoms with Crippen LogP contribution < -0.4 is 0 Å². The molecule has 65 heavy (non-hydrogen) atoms. The average molecular weight is 917 g/mol. The lowest BCUT2D eigenvalue weighted by molar-refractivity contribution is -0.276. The quantitative estimate of drug-likeness (QED) is 0.163. The first-order valence-corrected chi connectivity index (χ1v) is 23.3. The van der Waals surface area contributed by atoms with E-state index in [0.717, 1.165) is 6.07 Å². The van der Waals surface area contributed by atoms with Crippen LogP contribution in [0.25, 0.3) is 0 Å². The number of nitrogens with zero attached hydrogens (tertiary/aromatic N) is 4. The molecular formula is C50H81FN4O10. The van der Waals surface area contributed by atoms with Gasteiger partial charge >= 0.3 is 23.9 Å². The van der Waals surface area contributed by atoms with Crippen LogP contribution in [0.4, 0.5) is 4.39 Å². The van der Waals surface area contributed by atoms with Crippen LogP contribution in [0.3, 0.4) is 0 Å². The molecule has 4 fully saturated rings. The van der Waals surface area contributed by atoms with Crippen molar-refractivity contribution >= 4 is 23.9 Å². The third-order valence-electron chi connectivity index (χ3n) is 15.2.